The predicted octanol–water partition coefficient (Wildman–Crippen LogP) is 1.73. The molecule has 1 aromatic rings. The highest BCUT2D eigenvalue weighted by molar-refractivity contribution is 7.80. The Morgan fingerprint density at radius 2 is 2.09 bits per heavy atom. The minimum absolute atomic E-state index is 0.377. The molecule has 0 spiro atoms. The van der Waals surface area contributed by atoms with Crippen LogP contribution in [0.5, 0.6) is 0 Å². The summed E-state index contributed by atoms with van der Waals surface area (Å²) in [6.45, 7) is 0. The Kier molecular flexibility index (Phi) is 2.42. The summed E-state index contributed by atoms with van der Waals surface area (Å²) in [7, 11) is 0. The number of primary amides is 1. The van der Waals surface area contributed by atoms with Crippen molar-refractivity contribution in [3.63, 3.8) is 0 Å². The predicted molar refractivity (Wildman–Crippen MR) is 47.2 cm³/mol. The van der Waals surface area contributed by atoms with Crippen LogP contribution in [0.2, 0.25) is 5.02 Å². The monoisotopic (exact) mass is 187 g/mol. The largest absolute Gasteiger partial charge is 0.366 e. The molecule has 1 amide bonds. The summed E-state index contributed by atoms with van der Waals surface area (Å²) in [5.74, 6) is -0.497. The first-order valence-corrected chi connectivity index (χ1v) is 3.71. The second kappa shape index (κ2) is 3.15. The molecule has 58 valence electrons. The first-order chi connectivity index (χ1) is 5.09. The Hall–Kier alpha value is -0.670. The van der Waals surface area contributed by atoms with Gasteiger partial charge in [-0.3, -0.25) is 4.79 Å². The molecule has 4 heteroatoms. The zero-order chi connectivity index (χ0) is 8.43. The number of benzene rings is 1. The van der Waals surface area contributed by atoms with Gasteiger partial charge in [-0.1, -0.05) is 11.6 Å². The molecule has 0 unspecified atom stereocenters. The standard InChI is InChI=1S/C7H6ClNOS/c8-5-1-4(7(9)10)2-6(11)3-5/h1-3,11H,(H2,9,10). The molecule has 0 atom stereocenters. The summed E-state index contributed by atoms with van der Waals surface area (Å²) in [6.07, 6.45) is 0. The fourth-order valence-corrected chi connectivity index (χ4v) is 1.31. The molecule has 2 N–H and O–H groups in total. The van der Waals surface area contributed by atoms with Gasteiger partial charge in [-0.05, 0) is 18.2 Å². The van der Waals surface area contributed by atoms with Crippen molar-refractivity contribution in [2.24, 2.45) is 5.73 Å². The highest BCUT2D eigenvalue weighted by atomic mass is 35.5. The van der Waals surface area contributed by atoms with Crippen LogP contribution in [0.1, 0.15) is 10.4 Å². The van der Waals surface area contributed by atoms with E-state index in [1.54, 1.807) is 12.1 Å². The summed E-state index contributed by atoms with van der Waals surface area (Å²) in [6, 6.07) is 4.71. The Labute approximate surface area is 74.8 Å². The maximum atomic E-state index is 10.6. The number of carbonyl (C=O) groups excluding carboxylic acids is 1. The van der Waals surface area contributed by atoms with Crippen LogP contribution in [0.4, 0.5) is 0 Å². The highest BCUT2D eigenvalue weighted by Crippen LogP contribution is 2.16. The second-order valence-electron chi connectivity index (χ2n) is 2.06. The molecule has 0 aliphatic carbocycles. The van der Waals surface area contributed by atoms with Gasteiger partial charge in [-0.15, -0.1) is 12.6 Å². The van der Waals surface area contributed by atoms with Crippen LogP contribution in [-0.4, -0.2) is 5.91 Å². The number of carbonyl (C=O) groups is 1. The van der Waals surface area contributed by atoms with Crippen LogP contribution in [0, 0.1) is 0 Å². The molecule has 0 radical (unpaired) electrons. The van der Waals surface area contributed by atoms with Crippen LogP contribution in [0.15, 0.2) is 23.1 Å². The lowest BCUT2D eigenvalue weighted by atomic mass is 10.2. The Balaban J connectivity index is 3.19. The molecule has 11 heavy (non-hydrogen) atoms. The second-order valence-corrected chi connectivity index (χ2v) is 3.02. The molecule has 0 saturated heterocycles. The summed E-state index contributed by atoms with van der Waals surface area (Å²) in [4.78, 5) is 11.3. The SMILES string of the molecule is NC(=O)c1cc(S)cc(Cl)c1. The van der Waals surface area contributed by atoms with Gasteiger partial charge in [0.2, 0.25) is 5.91 Å². The van der Waals surface area contributed by atoms with Crippen molar-refractivity contribution in [1.29, 1.82) is 0 Å². The third-order valence-corrected chi connectivity index (χ3v) is 1.64. The van der Waals surface area contributed by atoms with Gasteiger partial charge in [0.25, 0.3) is 0 Å². The van der Waals surface area contributed by atoms with Gasteiger partial charge in [0.15, 0.2) is 0 Å². The van der Waals surface area contributed by atoms with E-state index in [4.69, 9.17) is 17.3 Å². The lowest BCUT2D eigenvalue weighted by molar-refractivity contribution is 0.1000. The van der Waals surface area contributed by atoms with Crippen molar-refractivity contribution in [3.8, 4) is 0 Å². The van der Waals surface area contributed by atoms with Crippen molar-refractivity contribution < 1.29 is 4.79 Å². The third kappa shape index (κ3) is 2.13. The first-order valence-electron chi connectivity index (χ1n) is 2.89. The van der Waals surface area contributed by atoms with Gasteiger partial charge in [0.05, 0.1) is 0 Å². The van der Waals surface area contributed by atoms with Crippen LogP contribution in [0.25, 0.3) is 0 Å². The molecule has 0 fully saturated rings. The van der Waals surface area contributed by atoms with Crippen molar-refractivity contribution >= 4 is 30.1 Å². The molecule has 2 nitrogen and oxygen atoms in total. The van der Waals surface area contributed by atoms with Crippen molar-refractivity contribution in [3.05, 3.63) is 28.8 Å². The molecule has 0 aromatic heterocycles. The van der Waals surface area contributed by atoms with Crippen molar-refractivity contribution in [1.82, 2.24) is 0 Å². The minimum Gasteiger partial charge on any atom is -0.366 e. The van der Waals surface area contributed by atoms with E-state index in [1.807, 2.05) is 0 Å². The molecular weight excluding hydrogens is 182 g/mol. The number of hydrogen-bond donors (Lipinski definition) is 2. The average molecular weight is 188 g/mol. The van der Waals surface area contributed by atoms with Gasteiger partial charge < -0.3 is 5.73 Å². The Morgan fingerprint density at radius 3 is 2.55 bits per heavy atom. The third-order valence-electron chi connectivity index (χ3n) is 1.17. The zero-order valence-electron chi connectivity index (χ0n) is 5.54. The number of amides is 1. The lowest BCUT2D eigenvalue weighted by Gasteiger charge is -1.97. The van der Waals surface area contributed by atoms with Crippen molar-refractivity contribution in [2.75, 3.05) is 0 Å². The van der Waals surface area contributed by atoms with Crippen LogP contribution < -0.4 is 5.73 Å². The fourth-order valence-electron chi connectivity index (χ4n) is 0.716. The van der Waals surface area contributed by atoms with Gasteiger partial charge >= 0.3 is 0 Å². The molecule has 0 aliphatic heterocycles. The van der Waals surface area contributed by atoms with Crippen LogP contribution >= 0.6 is 24.2 Å². The maximum absolute atomic E-state index is 10.6. The van der Waals surface area contributed by atoms with Crippen LogP contribution in [0.3, 0.4) is 0 Å². The number of halogens is 1. The summed E-state index contributed by atoms with van der Waals surface area (Å²) in [5, 5.41) is 0.464. The molecule has 0 bridgehead atoms. The Morgan fingerprint density at radius 1 is 1.45 bits per heavy atom. The summed E-state index contributed by atoms with van der Waals surface area (Å²) >= 11 is 9.66. The summed E-state index contributed by atoms with van der Waals surface area (Å²) in [5.41, 5.74) is 5.40. The van der Waals surface area contributed by atoms with Gasteiger partial charge in [-0.2, -0.15) is 0 Å². The van der Waals surface area contributed by atoms with Gasteiger partial charge in [0.1, 0.15) is 0 Å². The topological polar surface area (TPSA) is 43.1 Å². The van der Waals surface area contributed by atoms with E-state index in [1.165, 1.54) is 6.07 Å². The first kappa shape index (κ1) is 8.43. The van der Waals surface area contributed by atoms with E-state index in [0.29, 0.717) is 15.5 Å². The number of rotatable bonds is 1. The molecule has 0 heterocycles. The highest BCUT2D eigenvalue weighted by Gasteiger charge is 2.01. The zero-order valence-corrected chi connectivity index (χ0v) is 7.19. The average Bonchev–Trinajstić information content (AvgIpc) is 1.85. The van der Waals surface area contributed by atoms with Gasteiger partial charge in [0, 0.05) is 15.5 Å². The fraction of sp³-hybridized carbons (Fsp3) is 0. The molecule has 0 saturated carbocycles. The van der Waals surface area contributed by atoms with Crippen molar-refractivity contribution in [2.45, 2.75) is 4.90 Å². The number of hydrogen-bond acceptors (Lipinski definition) is 2. The van der Waals surface area contributed by atoms with E-state index in [-0.39, 0.29) is 0 Å². The normalized spacial score (nSPS) is 9.64. The van der Waals surface area contributed by atoms with E-state index in [9.17, 15) is 4.79 Å². The molecule has 0 aliphatic rings. The van der Waals surface area contributed by atoms with Gasteiger partial charge in [-0.25, -0.2) is 0 Å². The van der Waals surface area contributed by atoms with E-state index >= 15 is 0 Å². The van der Waals surface area contributed by atoms with Crippen LogP contribution in [-0.2, 0) is 0 Å². The molecular formula is C7H6ClNOS. The maximum Gasteiger partial charge on any atom is 0.248 e. The van der Waals surface area contributed by atoms with E-state index in [0.717, 1.165) is 0 Å². The summed E-state index contributed by atoms with van der Waals surface area (Å²) < 4.78 is 0. The smallest absolute Gasteiger partial charge is 0.248 e. The lowest BCUT2D eigenvalue weighted by Crippen LogP contribution is -2.10. The number of nitrogens with two attached hydrogens (primary N) is 1. The van der Waals surface area contributed by atoms with E-state index < -0.39 is 5.91 Å². The Bertz CT molecular complexity index is 280. The minimum atomic E-state index is -0.497. The van der Waals surface area contributed by atoms with E-state index in [2.05, 4.69) is 12.6 Å². The molecule has 1 rings (SSSR count). The number of thiol groups is 1. The molecule has 1 aromatic carbocycles. The quantitative estimate of drug-likeness (QED) is 0.647.